The number of benzene rings is 1. The molecule has 5 heteroatoms. The van der Waals surface area contributed by atoms with Crippen LogP contribution in [-0.2, 0) is 9.59 Å². The number of halogens is 1. The fourth-order valence-corrected chi connectivity index (χ4v) is 0.881. The number of carbonyl (C=O) groups is 2. The number of para-hydroxylation sites is 1. The van der Waals surface area contributed by atoms with Crippen molar-refractivity contribution in [2.24, 2.45) is 0 Å². The van der Waals surface area contributed by atoms with Crippen molar-refractivity contribution in [1.29, 1.82) is 0 Å². The lowest BCUT2D eigenvalue weighted by atomic mass is 10.3. The van der Waals surface area contributed by atoms with Crippen molar-refractivity contribution < 1.29 is 19.1 Å². The van der Waals surface area contributed by atoms with Crippen molar-refractivity contribution in [3.8, 4) is 0 Å². The fraction of sp³-hybridized carbons (Fsp3) is 0. The lowest BCUT2D eigenvalue weighted by Crippen LogP contribution is -2.20. The monoisotopic (exact) mass is 208 g/mol. The number of nitrogens with one attached hydrogen (secondary N) is 1. The fourth-order valence-electron chi connectivity index (χ4n) is 0.881. The molecule has 0 aromatic heterocycles. The summed E-state index contributed by atoms with van der Waals surface area (Å²) in [5, 5.41) is 12.1. The van der Waals surface area contributed by atoms with E-state index in [1.807, 2.05) is 0 Å². The Morgan fingerprint density at radius 1 is 1.27 bits per heavy atom. The SMILES string of the molecule is O=C([O-])C=CC(=O)Nc1ccccc1F. The first-order chi connectivity index (χ1) is 7.09. The van der Waals surface area contributed by atoms with Gasteiger partial charge in [-0.3, -0.25) is 4.79 Å². The van der Waals surface area contributed by atoms with Crippen LogP contribution in [0.2, 0.25) is 0 Å². The summed E-state index contributed by atoms with van der Waals surface area (Å²) in [6.07, 6.45) is 1.32. The summed E-state index contributed by atoms with van der Waals surface area (Å²) in [4.78, 5) is 21.0. The minimum absolute atomic E-state index is 0.00880. The number of hydrogen-bond acceptors (Lipinski definition) is 3. The number of hydrogen-bond donors (Lipinski definition) is 1. The third-order valence-electron chi connectivity index (χ3n) is 1.50. The second-order valence-corrected chi connectivity index (χ2v) is 2.62. The van der Waals surface area contributed by atoms with Gasteiger partial charge in [-0.1, -0.05) is 12.1 Å². The molecule has 0 saturated carbocycles. The maximum Gasteiger partial charge on any atom is 0.248 e. The Morgan fingerprint density at radius 3 is 2.53 bits per heavy atom. The number of carbonyl (C=O) groups excluding carboxylic acids is 2. The van der Waals surface area contributed by atoms with Crippen molar-refractivity contribution in [2.45, 2.75) is 0 Å². The molecule has 0 aliphatic carbocycles. The summed E-state index contributed by atoms with van der Waals surface area (Å²) >= 11 is 0. The Hall–Kier alpha value is -2.17. The molecule has 0 fully saturated rings. The number of rotatable bonds is 3. The standard InChI is InChI=1S/C10H8FNO3/c11-7-3-1-2-4-8(7)12-9(13)5-6-10(14)15/h1-6H,(H,12,13)(H,14,15)/p-1. The van der Waals surface area contributed by atoms with Gasteiger partial charge in [0, 0.05) is 6.08 Å². The van der Waals surface area contributed by atoms with Crippen LogP contribution in [0.5, 0.6) is 0 Å². The van der Waals surface area contributed by atoms with Gasteiger partial charge in [-0.25, -0.2) is 4.39 Å². The zero-order valence-electron chi connectivity index (χ0n) is 7.57. The van der Waals surface area contributed by atoms with Gasteiger partial charge in [-0.05, 0) is 18.2 Å². The zero-order chi connectivity index (χ0) is 11.3. The second kappa shape index (κ2) is 4.90. The van der Waals surface area contributed by atoms with E-state index in [1.165, 1.54) is 18.2 Å². The van der Waals surface area contributed by atoms with E-state index in [0.29, 0.717) is 6.08 Å². The molecule has 0 heterocycles. The van der Waals surface area contributed by atoms with E-state index in [4.69, 9.17) is 0 Å². The van der Waals surface area contributed by atoms with Crippen LogP contribution in [-0.4, -0.2) is 11.9 Å². The lowest BCUT2D eigenvalue weighted by Gasteiger charge is -2.02. The highest BCUT2D eigenvalue weighted by molar-refractivity contribution is 6.02. The zero-order valence-corrected chi connectivity index (χ0v) is 7.57. The molecular weight excluding hydrogens is 201 g/mol. The first-order valence-corrected chi connectivity index (χ1v) is 4.04. The lowest BCUT2D eigenvalue weighted by molar-refractivity contribution is -0.297. The topological polar surface area (TPSA) is 69.2 Å². The van der Waals surface area contributed by atoms with E-state index in [9.17, 15) is 19.1 Å². The van der Waals surface area contributed by atoms with Crippen molar-refractivity contribution in [3.63, 3.8) is 0 Å². The average molecular weight is 208 g/mol. The van der Waals surface area contributed by atoms with Crippen molar-refractivity contribution in [3.05, 3.63) is 42.2 Å². The summed E-state index contributed by atoms with van der Waals surface area (Å²) in [6.45, 7) is 0. The molecule has 0 saturated heterocycles. The normalized spacial score (nSPS) is 10.2. The highest BCUT2D eigenvalue weighted by atomic mass is 19.1. The number of carboxylic acids is 1. The number of anilines is 1. The molecule has 15 heavy (non-hydrogen) atoms. The Bertz CT molecular complexity index is 415. The predicted octanol–water partition coefficient (Wildman–Crippen LogP) is 0.0703. The van der Waals surface area contributed by atoms with E-state index < -0.39 is 17.7 Å². The van der Waals surface area contributed by atoms with Crippen LogP contribution in [0.3, 0.4) is 0 Å². The quantitative estimate of drug-likeness (QED) is 0.714. The maximum absolute atomic E-state index is 13.0. The van der Waals surface area contributed by atoms with E-state index in [1.54, 1.807) is 6.07 Å². The molecule has 1 rings (SSSR count). The van der Waals surface area contributed by atoms with Crippen LogP contribution in [0.1, 0.15) is 0 Å². The Morgan fingerprint density at radius 2 is 1.93 bits per heavy atom. The Labute approximate surface area is 85.0 Å². The molecule has 1 N–H and O–H groups in total. The molecule has 4 nitrogen and oxygen atoms in total. The molecule has 1 aromatic carbocycles. The summed E-state index contributed by atoms with van der Waals surface area (Å²) in [7, 11) is 0. The van der Waals surface area contributed by atoms with E-state index >= 15 is 0 Å². The van der Waals surface area contributed by atoms with Gasteiger partial charge in [-0.15, -0.1) is 0 Å². The van der Waals surface area contributed by atoms with Crippen LogP contribution < -0.4 is 10.4 Å². The van der Waals surface area contributed by atoms with Crippen LogP contribution in [0.4, 0.5) is 10.1 Å². The average Bonchev–Trinajstić information content (AvgIpc) is 2.18. The summed E-state index contributed by atoms with van der Waals surface area (Å²) in [5.41, 5.74) is -0.00880. The molecule has 1 amide bonds. The number of carboxylic acid groups (broad SMARTS) is 1. The number of amides is 1. The van der Waals surface area contributed by atoms with Gasteiger partial charge in [0.25, 0.3) is 0 Å². The van der Waals surface area contributed by atoms with Gasteiger partial charge in [0.15, 0.2) is 0 Å². The van der Waals surface area contributed by atoms with Gasteiger partial charge >= 0.3 is 0 Å². The smallest absolute Gasteiger partial charge is 0.248 e. The van der Waals surface area contributed by atoms with Crippen molar-refractivity contribution in [2.75, 3.05) is 5.32 Å². The first kappa shape index (κ1) is 10.9. The minimum Gasteiger partial charge on any atom is -0.545 e. The third kappa shape index (κ3) is 3.60. The van der Waals surface area contributed by atoms with Crippen molar-refractivity contribution in [1.82, 2.24) is 0 Å². The molecular formula is C10H7FNO3-. The molecule has 0 unspecified atom stereocenters. The molecule has 0 aliphatic rings. The summed E-state index contributed by atoms with van der Waals surface area (Å²) in [6, 6.07) is 5.56. The predicted molar refractivity (Wildman–Crippen MR) is 49.2 cm³/mol. The highest BCUT2D eigenvalue weighted by Gasteiger charge is 2.02. The van der Waals surface area contributed by atoms with Gasteiger partial charge in [0.05, 0.1) is 11.7 Å². The minimum atomic E-state index is -1.49. The van der Waals surface area contributed by atoms with Gasteiger partial charge in [0.2, 0.25) is 5.91 Å². The van der Waals surface area contributed by atoms with E-state index in [-0.39, 0.29) is 5.69 Å². The van der Waals surface area contributed by atoms with Crippen molar-refractivity contribution >= 4 is 17.6 Å². The summed E-state index contributed by atoms with van der Waals surface area (Å²) in [5.74, 6) is -2.81. The molecule has 0 aliphatic heterocycles. The molecule has 78 valence electrons. The van der Waals surface area contributed by atoms with E-state index in [2.05, 4.69) is 5.32 Å². The van der Waals surface area contributed by atoms with Gasteiger partial charge in [-0.2, -0.15) is 0 Å². The third-order valence-corrected chi connectivity index (χ3v) is 1.50. The van der Waals surface area contributed by atoms with Crippen LogP contribution in [0.25, 0.3) is 0 Å². The second-order valence-electron chi connectivity index (χ2n) is 2.62. The van der Waals surface area contributed by atoms with Gasteiger partial charge < -0.3 is 15.2 Å². The maximum atomic E-state index is 13.0. The Balaban J connectivity index is 2.67. The van der Waals surface area contributed by atoms with Crippen LogP contribution in [0, 0.1) is 5.82 Å². The van der Waals surface area contributed by atoms with E-state index in [0.717, 1.165) is 6.08 Å². The van der Waals surface area contributed by atoms with Crippen LogP contribution in [0.15, 0.2) is 36.4 Å². The largest absolute Gasteiger partial charge is 0.545 e. The molecule has 0 bridgehead atoms. The molecule has 0 atom stereocenters. The Kier molecular flexibility index (Phi) is 3.56. The van der Waals surface area contributed by atoms with Crippen LogP contribution >= 0.6 is 0 Å². The van der Waals surface area contributed by atoms with Gasteiger partial charge in [0.1, 0.15) is 5.82 Å². The first-order valence-electron chi connectivity index (χ1n) is 4.04. The number of aliphatic carboxylic acids is 1. The highest BCUT2D eigenvalue weighted by Crippen LogP contribution is 2.11. The summed E-state index contributed by atoms with van der Waals surface area (Å²) < 4.78 is 13.0. The molecule has 0 radical (unpaired) electrons. The molecule has 1 aromatic rings. The molecule has 0 spiro atoms.